The SMILES string of the molecule is CCCC(C1=CCCCC1)C1CCCCC1. The van der Waals surface area contributed by atoms with Gasteiger partial charge in [0.2, 0.25) is 0 Å². The molecule has 0 bridgehead atoms. The van der Waals surface area contributed by atoms with E-state index in [0.29, 0.717) is 0 Å². The fourth-order valence-corrected chi connectivity index (χ4v) is 3.77. The van der Waals surface area contributed by atoms with Crippen molar-refractivity contribution in [2.75, 3.05) is 0 Å². The summed E-state index contributed by atoms with van der Waals surface area (Å²) in [6.07, 6.45) is 18.6. The summed E-state index contributed by atoms with van der Waals surface area (Å²) >= 11 is 0. The maximum atomic E-state index is 2.60. The molecule has 0 N–H and O–H groups in total. The van der Waals surface area contributed by atoms with E-state index in [1.54, 1.807) is 0 Å². The van der Waals surface area contributed by atoms with Crippen molar-refractivity contribution in [3.8, 4) is 0 Å². The van der Waals surface area contributed by atoms with Gasteiger partial charge in [-0.05, 0) is 56.8 Å². The molecule has 0 amide bonds. The van der Waals surface area contributed by atoms with E-state index < -0.39 is 0 Å². The van der Waals surface area contributed by atoms with Gasteiger partial charge in [-0.15, -0.1) is 0 Å². The Morgan fingerprint density at radius 2 is 1.94 bits per heavy atom. The van der Waals surface area contributed by atoms with E-state index in [4.69, 9.17) is 0 Å². The Hall–Kier alpha value is -0.260. The van der Waals surface area contributed by atoms with Crippen LogP contribution in [0.25, 0.3) is 0 Å². The zero-order valence-electron chi connectivity index (χ0n) is 11.0. The van der Waals surface area contributed by atoms with Crippen LogP contribution in [-0.4, -0.2) is 0 Å². The van der Waals surface area contributed by atoms with E-state index in [0.717, 1.165) is 11.8 Å². The minimum Gasteiger partial charge on any atom is -0.0850 e. The Balaban J connectivity index is 1.99. The minimum absolute atomic E-state index is 0.964. The average molecular weight is 220 g/mol. The molecule has 2 aliphatic carbocycles. The van der Waals surface area contributed by atoms with Crippen LogP contribution in [0.5, 0.6) is 0 Å². The smallest absolute Gasteiger partial charge is 0.0175 e. The molecule has 1 fully saturated rings. The van der Waals surface area contributed by atoms with Gasteiger partial charge < -0.3 is 0 Å². The quantitative estimate of drug-likeness (QED) is 0.550. The first kappa shape index (κ1) is 12.2. The molecule has 16 heavy (non-hydrogen) atoms. The van der Waals surface area contributed by atoms with Crippen molar-refractivity contribution in [1.29, 1.82) is 0 Å². The number of allylic oxidation sites excluding steroid dienone is 2. The highest BCUT2D eigenvalue weighted by atomic mass is 14.3. The van der Waals surface area contributed by atoms with E-state index in [9.17, 15) is 0 Å². The van der Waals surface area contributed by atoms with Gasteiger partial charge in [0.25, 0.3) is 0 Å². The van der Waals surface area contributed by atoms with Crippen LogP contribution in [-0.2, 0) is 0 Å². The van der Waals surface area contributed by atoms with Crippen molar-refractivity contribution >= 4 is 0 Å². The lowest BCUT2D eigenvalue weighted by Crippen LogP contribution is -2.20. The summed E-state index contributed by atoms with van der Waals surface area (Å²) in [7, 11) is 0. The standard InChI is InChI=1S/C16H28/c1-2-9-16(14-10-5-3-6-11-14)15-12-7-4-8-13-15/h10,15-16H,2-9,11-13H2,1H3. The van der Waals surface area contributed by atoms with Crippen molar-refractivity contribution in [3.63, 3.8) is 0 Å². The summed E-state index contributed by atoms with van der Waals surface area (Å²) in [6, 6.07) is 0. The van der Waals surface area contributed by atoms with Crippen LogP contribution < -0.4 is 0 Å². The van der Waals surface area contributed by atoms with E-state index in [2.05, 4.69) is 13.0 Å². The first-order chi connectivity index (χ1) is 7.92. The molecule has 0 heterocycles. The fraction of sp³-hybridized carbons (Fsp3) is 0.875. The molecule has 0 aliphatic heterocycles. The normalized spacial score (nSPS) is 25.2. The number of rotatable bonds is 4. The maximum Gasteiger partial charge on any atom is -0.0175 e. The Labute approximate surface area is 102 Å². The average Bonchev–Trinajstić information content (AvgIpc) is 2.38. The first-order valence-corrected chi connectivity index (χ1v) is 7.60. The lowest BCUT2D eigenvalue weighted by molar-refractivity contribution is 0.257. The van der Waals surface area contributed by atoms with Gasteiger partial charge in [0.05, 0.1) is 0 Å². The van der Waals surface area contributed by atoms with Crippen LogP contribution in [0.2, 0.25) is 0 Å². The highest BCUT2D eigenvalue weighted by Gasteiger charge is 2.26. The van der Waals surface area contributed by atoms with Crippen LogP contribution in [0.4, 0.5) is 0 Å². The second-order valence-corrected chi connectivity index (χ2v) is 5.82. The Kier molecular flexibility index (Phi) is 4.93. The Bertz CT molecular complexity index is 220. The summed E-state index contributed by atoms with van der Waals surface area (Å²) < 4.78 is 0. The zero-order valence-corrected chi connectivity index (χ0v) is 11.0. The second-order valence-electron chi connectivity index (χ2n) is 5.82. The molecule has 1 atom stereocenters. The monoisotopic (exact) mass is 220 g/mol. The van der Waals surface area contributed by atoms with Gasteiger partial charge >= 0.3 is 0 Å². The molecular weight excluding hydrogens is 192 g/mol. The predicted octanol–water partition coefficient (Wildman–Crippen LogP) is 5.48. The number of hydrogen-bond donors (Lipinski definition) is 0. The largest absolute Gasteiger partial charge is 0.0850 e. The molecule has 0 nitrogen and oxygen atoms in total. The molecule has 0 saturated heterocycles. The molecule has 0 spiro atoms. The predicted molar refractivity (Wildman–Crippen MR) is 71.5 cm³/mol. The van der Waals surface area contributed by atoms with Crippen LogP contribution in [0.15, 0.2) is 11.6 Å². The van der Waals surface area contributed by atoms with Gasteiger partial charge in [0, 0.05) is 0 Å². The van der Waals surface area contributed by atoms with Gasteiger partial charge in [0.15, 0.2) is 0 Å². The lowest BCUT2D eigenvalue weighted by atomic mass is 9.72. The van der Waals surface area contributed by atoms with Crippen molar-refractivity contribution < 1.29 is 0 Å². The molecular formula is C16H28. The summed E-state index contributed by atoms with van der Waals surface area (Å²) in [5, 5.41) is 0. The van der Waals surface area contributed by atoms with Crippen molar-refractivity contribution in [2.45, 2.75) is 77.6 Å². The Morgan fingerprint density at radius 3 is 2.56 bits per heavy atom. The molecule has 0 aromatic rings. The van der Waals surface area contributed by atoms with Crippen molar-refractivity contribution in [1.82, 2.24) is 0 Å². The molecule has 1 unspecified atom stereocenters. The summed E-state index contributed by atoms with van der Waals surface area (Å²) in [5.41, 5.74) is 1.85. The molecule has 0 radical (unpaired) electrons. The fourth-order valence-electron chi connectivity index (χ4n) is 3.77. The van der Waals surface area contributed by atoms with E-state index in [1.807, 2.05) is 5.57 Å². The molecule has 0 aromatic carbocycles. The van der Waals surface area contributed by atoms with Gasteiger partial charge in [-0.25, -0.2) is 0 Å². The molecule has 2 rings (SSSR count). The third-order valence-corrected chi connectivity index (χ3v) is 4.62. The highest BCUT2D eigenvalue weighted by Crippen LogP contribution is 2.39. The van der Waals surface area contributed by atoms with Gasteiger partial charge in [0.1, 0.15) is 0 Å². The van der Waals surface area contributed by atoms with Gasteiger partial charge in [-0.1, -0.05) is 44.3 Å². The van der Waals surface area contributed by atoms with Crippen LogP contribution in [0.1, 0.15) is 77.6 Å². The lowest BCUT2D eigenvalue weighted by Gasteiger charge is -2.33. The maximum absolute atomic E-state index is 2.60. The third-order valence-electron chi connectivity index (χ3n) is 4.62. The summed E-state index contributed by atoms with van der Waals surface area (Å²) in [5.74, 6) is 2.00. The van der Waals surface area contributed by atoms with E-state index in [-0.39, 0.29) is 0 Å². The van der Waals surface area contributed by atoms with E-state index in [1.165, 1.54) is 70.6 Å². The van der Waals surface area contributed by atoms with Crippen LogP contribution in [0, 0.1) is 11.8 Å². The molecule has 0 aromatic heterocycles. The molecule has 0 heteroatoms. The number of hydrogen-bond acceptors (Lipinski definition) is 0. The van der Waals surface area contributed by atoms with Crippen LogP contribution >= 0.6 is 0 Å². The zero-order chi connectivity index (χ0) is 11.2. The van der Waals surface area contributed by atoms with E-state index >= 15 is 0 Å². The molecule has 92 valence electrons. The van der Waals surface area contributed by atoms with Crippen molar-refractivity contribution in [3.05, 3.63) is 11.6 Å². The molecule has 1 saturated carbocycles. The minimum atomic E-state index is 0.964. The summed E-state index contributed by atoms with van der Waals surface area (Å²) in [6.45, 7) is 2.36. The topological polar surface area (TPSA) is 0 Å². The second kappa shape index (κ2) is 6.47. The van der Waals surface area contributed by atoms with Crippen LogP contribution in [0.3, 0.4) is 0 Å². The molecule has 2 aliphatic rings. The highest BCUT2D eigenvalue weighted by molar-refractivity contribution is 5.11. The van der Waals surface area contributed by atoms with Gasteiger partial charge in [-0.2, -0.15) is 0 Å². The third kappa shape index (κ3) is 3.12. The van der Waals surface area contributed by atoms with Crippen molar-refractivity contribution in [2.24, 2.45) is 11.8 Å². The van der Waals surface area contributed by atoms with Gasteiger partial charge in [-0.3, -0.25) is 0 Å². The summed E-state index contributed by atoms with van der Waals surface area (Å²) in [4.78, 5) is 0. The first-order valence-electron chi connectivity index (χ1n) is 7.60. The Morgan fingerprint density at radius 1 is 1.12 bits per heavy atom.